The number of hydrogen-bond acceptors (Lipinski definition) is 6. The van der Waals surface area contributed by atoms with Gasteiger partial charge < -0.3 is 10.1 Å². The standard InChI is InChI=1S/C20H15ClF4N4O3S/c1-10-16(18(30)27-13-4-3-5-15(9-13)33(2,26)31)19(29-28-17(10)20(23,24)25)32-14-7-11(21)6-12(22)8-14/h3-9,26H,1-2H3,(H,27,30). The van der Waals surface area contributed by atoms with Crippen LogP contribution >= 0.6 is 11.6 Å². The lowest BCUT2D eigenvalue weighted by molar-refractivity contribution is -0.142. The second kappa shape index (κ2) is 8.94. The van der Waals surface area contributed by atoms with Crippen LogP contribution < -0.4 is 10.1 Å². The van der Waals surface area contributed by atoms with Crippen LogP contribution in [0.15, 0.2) is 47.4 Å². The van der Waals surface area contributed by atoms with E-state index >= 15 is 0 Å². The van der Waals surface area contributed by atoms with Gasteiger partial charge in [0, 0.05) is 27.9 Å². The summed E-state index contributed by atoms with van der Waals surface area (Å²) >= 11 is 5.77. The molecule has 2 N–H and O–H groups in total. The molecule has 174 valence electrons. The van der Waals surface area contributed by atoms with Crippen LogP contribution in [-0.2, 0) is 15.9 Å². The molecule has 0 fully saturated rings. The molecule has 1 aromatic heterocycles. The fourth-order valence-electron chi connectivity index (χ4n) is 2.82. The summed E-state index contributed by atoms with van der Waals surface area (Å²) in [6.45, 7) is 1.01. The smallest absolute Gasteiger partial charge is 0.435 e. The Bertz CT molecular complexity index is 1330. The fraction of sp³-hybridized carbons (Fsp3) is 0.150. The Balaban J connectivity index is 2.08. The molecule has 0 saturated heterocycles. The van der Waals surface area contributed by atoms with E-state index in [9.17, 15) is 26.6 Å². The molecule has 0 spiro atoms. The van der Waals surface area contributed by atoms with Gasteiger partial charge in [0.25, 0.3) is 11.8 Å². The normalized spacial score (nSPS) is 13.3. The predicted octanol–water partition coefficient (Wildman–Crippen LogP) is 5.68. The van der Waals surface area contributed by atoms with Crippen molar-refractivity contribution >= 4 is 32.9 Å². The molecule has 0 radical (unpaired) electrons. The van der Waals surface area contributed by atoms with Gasteiger partial charge in [0.15, 0.2) is 5.69 Å². The van der Waals surface area contributed by atoms with Gasteiger partial charge in [-0.2, -0.15) is 13.2 Å². The lowest BCUT2D eigenvalue weighted by Gasteiger charge is -2.16. The van der Waals surface area contributed by atoms with Gasteiger partial charge in [-0.15, -0.1) is 10.2 Å². The minimum absolute atomic E-state index is 0.0528. The molecule has 0 bridgehead atoms. The average Bonchev–Trinajstić information content (AvgIpc) is 2.65. The van der Waals surface area contributed by atoms with E-state index < -0.39 is 50.3 Å². The zero-order chi connectivity index (χ0) is 24.6. The number of amides is 1. The summed E-state index contributed by atoms with van der Waals surface area (Å²) < 4.78 is 78.7. The Morgan fingerprint density at radius 2 is 1.88 bits per heavy atom. The van der Waals surface area contributed by atoms with Crippen molar-refractivity contribution in [3.8, 4) is 11.6 Å². The molecule has 1 atom stereocenters. The third-order valence-electron chi connectivity index (χ3n) is 4.27. The maximum absolute atomic E-state index is 13.6. The highest BCUT2D eigenvalue weighted by Crippen LogP contribution is 2.35. The average molecular weight is 503 g/mol. The summed E-state index contributed by atoms with van der Waals surface area (Å²) in [7, 11) is -3.11. The van der Waals surface area contributed by atoms with Crippen molar-refractivity contribution in [3.05, 3.63) is 70.1 Å². The van der Waals surface area contributed by atoms with Crippen LogP contribution in [0.3, 0.4) is 0 Å². The van der Waals surface area contributed by atoms with Crippen molar-refractivity contribution in [2.75, 3.05) is 11.6 Å². The van der Waals surface area contributed by atoms with E-state index in [0.717, 1.165) is 19.1 Å². The van der Waals surface area contributed by atoms with Gasteiger partial charge in [-0.1, -0.05) is 17.7 Å². The van der Waals surface area contributed by atoms with Crippen molar-refractivity contribution in [1.82, 2.24) is 10.2 Å². The van der Waals surface area contributed by atoms with Gasteiger partial charge in [-0.05, 0) is 42.8 Å². The van der Waals surface area contributed by atoms with Crippen molar-refractivity contribution in [2.24, 2.45) is 0 Å². The Labute approximate surface area is 190 Å². The molecule has 3 aromatic rings. The van der Waals surface area contributed by atoms with E-state index in [1.165, 1.54) is 36.6 Å². The first-order valence-corrected chi connectivity index (χ1v) is 11.3. The van der Waals surface area contributed by atoms with E-state index in [1.54, 1.807) is 0 Å². The molecule has 1 amide bonds. The largest absolute Gasteiger partial charge is 0.437 e. The molecule has 0 aliphatic carbocycles. The number of nitrogens with zero attached hydrogens (tertiary/aromatic N) is 2. The number of nitrogens with one attached hydrogen (secondary N) is 2. The number of carbonyl (C=O) groups excluding carboxylic acids is 1. The SMILES string of the molecule is Cc1c(C(F)(F)F)nnc(Oc2cc(F)cc(Cl)c2)c1C(=O)Nc1cccc(S(C)(=N)=O)c1. The summed E-state index contributed by atoms with van der Waals surface area (Å²) in [5.41, 5.74) is -2.52. The number of carbonyl (C=O) groups is 1. The number of ether oxygens (including phenoxy) is 1. The molecular weight excluding hydrogens is 488 g/mol. The highest BCUT2D eigenvalue weighted by Gasteiger charge is 2.38. The van der Waals surface area contributed by atoms with Gasteiger partial charge in [-0.3, -0.25) is 4.79 Å². The predicted molar refractivity (Wildman–Crippen MR) is 113 cm³/mol. The molecule has 0 aliphatic heterocycles. The van der Waals surface area contributed by atoms with Crippen LogP contribution in [0.2, 0.25) is 5.02 Å². The van der Waals surface area contributed by atoms with E-state index in [4.69, 9.17) is 21.1 Å². The van der Waals surface area contributed by atoms with Crippen molar-refractivity contribution in [3.63, 3.8) is 0 Å². The zero-order valence-corrected chi connectivity index (χ0v) is 18.5. The number of aromatic nitrogens is 2. The Morgan fingerprint density at radius 3 is 2.48 bits per heavy atom. The van der Waals surface area contributed by atoms with E-state index in [0.29, 0.717) is 0 Å². The number of rotatable bonds is 5. The molecule has 1 unspecified atom stereocenters. The number of hydrogen-bond donors (Lipinski definition) is 2. The van der Waals surface area contributed by atoms with Crippen LogP contribution in [-0.4, -0.2) is 26.6 Å². The molecule has 33 heavy (non-hydrogen) atoms. The maximum atomic E-state index is 13.6. The monoisotopic (exact) mass is 502 g/mol. The Hall–Kier alpha value is -3.25. The van der Waals surface area contributed by atoms with Crippen molar-refractivity contribution < 1.29 is 31.3 Å². The number of halogens is 5. The van der Waals surface area contributed by atoms with Gasteiger partial charge in [-0.25, -0.2) is 13.4 Å². The van der Waals surface area contributed by atoms with Gasteiger partial charge in [0.2, 0.25) is 0 Å². The Morgan fingerprint density at radius 1 is 1.18 bits per heavy atom. The first-order valence-electron chi connectivity index (χ1n) is 8.99. The molecule has 13 heteroatoms. The first kappa shape index (κ1) is 24.4. The summed E-state index contributed by atoms with van der Waals surface area (Å²) in [6.07, 6.45) is -3.73. The number of benzene rings is 2. The molecule has 1 heterocycles. The van der Waals surface area contributed by atoms with Gasteiger partial charge in [0.1, 0.15) is 17.1 Å². The maximum Gasteiger partial charge on any atom is 0.435 e. The molecular formula is C20H15ClF4N4O3S. The zero-order valence-electron chi connectivity index (χ0n) is 17.0. The highest BCUT2D eigenvalue weighted by molar-refractivity contribution is 7.91. The third kappa shape index (κ3) is 5.76. The molecule has 0 saturated carbocycles. The lowest BCUT2D eigenvalue weighted by atomic mass is 10.1. The topological polar surface area (TPSA) is 105 Å². The van der Waals surface area contributed by atoms with Crippen molar-refractivity contribution in [1.29, 1.82) is 4.78 Å². The van der Waals surface area contributed by atoms with Crippen LogP contribution in [0.4, 0.5) is 23.2 Å². The third-order valence-corrected chi connectivity index (χ3v) is 5.64. The van der Waals surface area contributed by atoms with Crippen LogP contribution in [0.5, 0.6) is 11.6 Å². The Kier molecular flexibility index (Phi) is 6.61. The number of anilines is 1. The molecule has 3 rings (SSSR count). The van der Waals surface area contributed by atoms with E-state index in [-0.39, 0.29) is 21.4 Å². The first-order chi connectivity index (χ1) is 15.3. The summed E-state index contributed by atoms with van der Waals surface area (Å²) in [5.74, 6) is -2.66. The summed E-state index contributed by atoms with van der Waals surface area (Å²) in [6, 6.07) is 8.55. The fourth-order valence-corrected chi connectivity index (χ4v) is 3.72. The molecule has 0 aliphatic rings. The second-order valence-corrected chi connectivity index (χ2v) is 9.48. The van der Waals surface area contributed by atoms with Crippen LogP contribution in [0.1, 0.15) is 21.6 Å². The second-order valence-electron chi connectivity index (χ2n) is 6.88. The lowest BCUT2D eigenvalue weighted by Crippen LogP contribution is -2.21. The summed E-state index contributed by atoms with van der Waals surface area (Å²) in [5, 5.41) is 8.83. The molecule has 2 aromatic carbocycles. The van der Waals surface area contributed by atoms with Gasteiger partial charge in [0.05, 0.1) is 9.73 Å². The quantitative estimate of drug-likeness (QED) is 0.437. The van der Waals surface area contributed by atoms with E-state index in [2.05, 4.69) is 15.5 Å². The molecule has 7 nitrogen and oxygen atoms in total. The van der Waals surface area contributed by atoms with Crippen LogP contribution in [0.25, 0.3) is 0 Å². The van der Waals surface area contributed by atoms with Crippen LogP contribution in [0, 0.1) is 17.5 Å². The van der Waals surface area contributed by atoms with Crippen molar-refractivity contribution in [2.45, 2.75) is 18.0 Å². The minimum Gasteiger partial charge on any atom is -0.437 e. The van der Waals surface area contributed by atoms with E-state index in [1.807, 2.05) is 0 Å². The summed E-state index contributed by atoms with van der Waals surface area (Å²) in [4.78, 5) is 13.1. The highest BCUT2D eigenvalue weighted by atomic mass is 35.5. The van der Waals surface area contributed by atoms with Gasteiger partial charge >= 0.3 is 6.18 Å². The minimum atomic E-state index is -4.91. The number of alkyl halides is 3.